The largest absolute Gasteiger partial charge is 0.325 e. The molecule has 0 radical (unpaired) electrons. The fraction of sp³-hybridized carbons (Fsp3) is 0.217. The first kappa shape index (κ1) is 20.1. The number of nitrogens with zero attached hydrogens (tertiary/aromatic N) is 4. The second-order valence-corrected chi connectivity index (χ2v) is 8.11. The summed E-state index contributed by atoms with van der Waals surface area (Å²) in [7, 11) is 0. The molecule has 0 unspecified atom stereocenters. The Kier molecular flexibility index (Phi) is 5.81. The highest BCUT2D eigenvalue weighted by atomic mass is 32.2. The number of rotatable bonds is 6. The average molecular weight is 418 g/mol. The summed E-state index contributed by atoms with van der Waals surface area (Å²) in [6.45, 7) is 6.23. The number of amides is 1. The summed E-state index contributed by atoms with van der Waals surface area (Å²) in [4.78, 5) is 21.2. The molecule has 152 valence electrons. The van der Waals surface area contributed by atoms with Crippen molar-refractivity contribution in [3.8, 4) is 5.69 Å². The molecule has 0 aliphatic rings. The lowest BCUT2D eigenvalue weighted by atomic mass is 10.1. The van der Waals surface area contributed by atoms with E-state index < -0.39 is 0 Å². The summed E-state index contributed by atoms with van der Waals surface area (Å²) in [5, 5.41) is 9.04. The molecule has 4 aromatic rings. The van der Waals surface area contributed by atoms with Crippen molar-refractivity contribution in [2.75, 3.05) is 11.1 Å². The quantitative estimate of drug-likeness (QED) is 0.363. The number of carbonyl (C=O) groups excluding carboxylic acids is 1. The van der Waals surface area contributed by atoms with Crippen LogP contribution in [0.15, 0.2) is 60.0 Å². The van der Waals surface area contributed by atoms with Crippen LogP contribution in [-0.4, -0.2) is 31.4 Å². The Labute approximate surface area is 179 Å². The summed E-state index contributed by atoms with van der Waals surface area (Å²) in [5.41, 5.74) is 6.09. The van der Waals surface area contributed by atoms with Gasteiger partial charge in [0.05, 0.1) is 23.0 Å². The van der Waals surface area contributed by atoms with Gasteiger partial charge in [0, 0.05) is 5.69 Å². The van der Waals surface area contributed by atoms with Crippen LogP contribution in [0.25, 0.3) is 16.7 Å². The third-order valence-corrected chi connectivity index (χ3v) is 5.90. The van der Waals surface area contributed by atoms with E-state index in [1.54, 1.807) is 6.20 Å². The van der Waals surface area contributed by atoms with E-state index >= 15 is 0 Å². The molecule has 0 bridgehead atoms. The van der Waals surface area contributed by atoms with Gasteiger partial charge in [0.1, 0.15) is 11.4 Å². The van der Waals surface area contributed by atoms with Crippen molar-refractivity contribution in [2.24, 2.45) is 0 Å². The Morgan fingerprint density at radius 3 is 2.63 bits per heavy atom. The zero-order valence-corrected chi connectivity index (χ0v) is 18.0. The normalized spacial score (nSPS) is 11.0. The standard InChI is InChI=1S/C23H23N5OS/c1-4-17-6-8-18(9-7-17)27-21(29)13-30-23-19-12-26-28(22(19)24-14-25-23)20-10-5-15(2)11-16(20)3/h5-12,14H,4,13H2,1-3H3,(H,27,29). The first-order valence-electron chi connectivity index (χ1n) is 9.83. The van der Waals surface area contributed by atoms with Gasteiger partial charge in [-0.25, -0.2) is 14.6 Å². The molecule has 4 rings (SSSR count). The van der Waals surface area contributed by atoms with Crippen LogP contribution in [0.2, 0.25) is 0 Å². The van der Waals surface area contributed by atoms with Crippen molar-refractivity contribution in [3.05, 3.63) is 71.7 Å². The third-order valence-electron chi connectivity index (χ3n) is 4.90. The smallest absolute Gasteiger partial charge is 0.234 e. The van der Waals surface area contributed by atoms with Gasteiger partial charge in [-0.2, -0.15) is 5.10 Å². The summed E-state index contributed by atoms with van der Waals surface area (Å²) < 4.78 is 1.82. The van der Waals surface area contributed by atoms with Gasteiger partial charge in [-0.15, -0.1) is 0 Å². The average Bonchev–Trinajstić information content (AvgIpc) is 3.17. The van der Waals surface area contributed by atoms with Gasteiger partial charge in [-0.05, 0) is 49.6 Å². The molecule has 0 spiro atoms. The van der Waals surface area contributed by atoms with Crippen LogP contribution >= 0.6 is 11.8 Å². The van der Waals surface area contributed by atoms with Gasteiger partial charge >= 0.3 is 0 Å². The van der Waals surface area contributed by atoms with Crippen LogP contribution in [0, 0.1) is 13.8 Å². The summed E-state index contributed by atoms with van der Waals surface area (Å²) in [5.74, 6) is 0.189. The second-order valence-electron chi connectivity index (χ2n) is 7.15. The molecular weight excluding hydrogens is 394 g/mol. The number of aryl methyl sites for hydroxylation is 3. The number of thioether (sulfide) groups is 1. The van der Waals surface area contributed by atoms with Crippen LogP contribution in [0.3, 0.4) is 0 Å². The Morgan fingerprint density at radius 2 is 1.90 bits per heavy atom. The summed E-state index contributed by atoms with van der Waals surface area (Å²) in [6, 6.07) is 14.1. The molecule has 0 saturated carbocycles. The molecule has 0 fully saturated rings. The second kappa shape index (κ2) is 8.67. The number of hydrogen-bond acceptors (Lipinski definition) is 5. The van der Waals surface area contributed by atoms with Gasteiger partial charge in [-0.1, -0.05) is 48.5 Å². The van der Waals surface area contributed by atoms with Gasteiger partial charge in [-0.3, -0.25) is 4.79 Å². The molecule has 0 aliphatic heterocycles. The van der Waals surface area contributed by atoms with E-state index in [4.69, 9.17) is 0 Å². The van der Waals surface area contributed by atoms with Crippen LogP contribution in [-0.2, 0) is 11.2 Å². The number of hydrogen-bond donors (Lipinski definition) is 1. The van der Waals surface area contributed by atoms with E-state index in [0.29, 0.717) is 0 Å². The highest BCUT2D eigenvalue weighted by molar-refractivity contribution is 8.00. The minimum atomic E-state index is -0.0715. The number of aromatic nitrogens is 4. The maximum atomic E-state index is 12.4. The Morgan fingerprint density at radius 1 is 1.10 bits per heavy atom. The molecule has 30 heavy (non-hydrogen) atoms. The lowest BCUT2D eigenvalue weighted by Gasteiger charge is -2.08. The summed E-state index contributed by atoms with van der Waals surface area (Å²) >= 11 is 1.38. The molecule has 0 aliphatic carbocycles. The highest BCUT2D eigenvalue weighted by Gasteiger charge is 2.14. The Balaban J connectivity index is 1.51. The van der Waals surface area contributed by atoms with Gasteiger partial charge in [0.25, 0.3) is 0 Å². The van der Waals surface area contributed by atoms with Crippen molar-refractivity contribution in [1.29, 1.82) is 0 Å². The van der Waals surface area contributed by atoms with Crippen molar-refractivity contribution < 1.29 is 4.79 Å². The molecule has 7 heteroatoms. The zero-order chi connectivity index (χ0) is 21.1. The number of anilines is 1. The van der Waals surface area contributed by atoms with E-state index in [1.165, 1.54) is 29.2 Å². The summed E-state index contributed by atoms with van der Waals surface area (Å²) in [6.07, 6.45) is 4.26. The van der Waals surface area contributed by atoms with Crippen LogP contribution in [0.5, 0.6) is 0 Å². The maximum Gasteiger partial charge on any atom is 0.234 e. The Hall–Kier alpha value is -3.19. The van der Waals surface area contributed by atoms with Crippen LogP contribution in [0.1, 0.15) is 23.6 Å². The SMILES string of the molecule is CCc1ccc(NC(=O)CSc2ncnc3c2cnn3-c2ccc(C)cc2C)cc1. The maximum absolute atomic E-state index is 12.4. The van der Waals surface area contributed by atoms with Gasteiger partial charge < -0.3 is 5.32 Å². The Bertz CT molecular complexity index is 1200. The third kappa shape index (κ3) is 4.21. The van der Waals surface area contributed by atoms with Crippen molar-refractivity contribution >= 4 is 34.4 Å². The number of benzene rings is 2. The van der Waals surface area contributed by atoms with E-state index in [9.17, 15) is 4.79 Å². The fourth-order valence-electron chi connectivity index (χ4n) is 3.31. The number of nitrogens with one attached hydrogen (secondary N) is 1. The molecule has 6 nitrogen and oxygen atoms in total. The molecule has 1 amide bonds. The minimum Gasteiger partial charge on any atom is -0.325 e. The van der Waals surface area contributed by atoms with Crippen molar-refractivity contribution in [2.45, 2.75) is 32.2 Å². The predicted molar refractivity (Wildman–Crippen MR) is 121 cm³/mol. The van der Waals surface area contributed by atoms with Crippen molar-refractivity contribution in [1.82, 2.24) is 19.7 Å². The zero-order valence-electron chi connectivity index (χ0n) is 17.2. The lowest BCUT2D eigenvalue weighted by Crippen LogP contribution is -2.14. The molecule has 2 aromatic heterocycles. The predicted octanol–water partition coefficient (Wildman–Crippen LogP) is 4.73. The van der Waals surface area contributed by atoms with Gasteiger partial charge in [0.15, 0.2) is 5.65 Å². The fourth-order valence-corrected chi connectivity index (χ4v) is 4.07. The van der Waals surface area contributed by atoms with Crippen LogP contribution < -0.4 is 5.32 Å². The van der Waals surface area contributed by atoms with E-state index in [2.05, 4.69) is 53.3 Å². The lowest BCUT2D eigenvalue weighted by molar-refractivity contribution is -0.113. The van der Waals surface area contributed by atoms with Crippen molar-refractivity contribution in [3.63, 3.8) is 0 Å². The highest BCUT2D eigenvalue weighted by Crippen LogP contribution is 2.27. The topological polar surface area (TPSA) is 72.7 Å². The van der Waals surface area contributed by atoms with Crippen LogP contribution in [0.4, 0.5) is 5.69 Å². The van der Waals surface area contributed by atoms with E-state index in [0.717, 1.165) is 39.4 Å². The van der Waals surface area contributed by atoms with E-state index in [-0.39, 0.29) is 11.7 Å². The molecule has 2 aromatic carbocycles. The molecular formula is C23H23N5OS. The van der Waals surface area contributed by atoms with Gasteiger partial charge in [0.2, 0.25) is 5.91 Å². The monoisotopic (exact) mass is 417 g/mol. The number of carbonyl (C=O) groups is 1. The van der Waals surface area contributed by atoms with E-state index in [1.807, 2.05) is 35.0 Å². The first-order chi connectivity index (χ1) is 14.5. The molecule has 0 atom stereocenters. The molecule has 0 saturated heterocycles. The molecule has 1 N–H and O–H groups in total. The first-order valence-corrected chi connectivity index (χ1v) is 10.8. The molecule has 2 heterocycles. The minimum absolute atomic E-state index is 0.0715. The number of fused-ring (bicyclic) bond motifs is 1.